The zero-order valence-electron chi connectivity index (χ0n) is 12.0. The monoisotopic (exact) mass is 247 g/mol. The zero-order valence-corrected chi connectivity index (χ0v) is 12.0. The SMILES string of the molecule is CC(C)(O)CNC1c2ccccc2CCC1(C)C. The number of nitrogens with one attached hydrogen (secondary N) is 1. The van der Waals surface area contributed by atoms with Crippen LogP contribution in [0, 0.1) is 5.41 Å². The van der Waals surface area contributed by atoms with Crippen LogP contribution in [-0.4, -0.2) is 17.3 Å². The fraction of sp³-hybridized carbons (Fsp3) is 0.625. The molecule has 0 radical (unpaired) electrons. The Morgan fingerprint density at radius 2 is 2.00 bits per heavy atom. The molecule has 100 valence electrons. The van der Waals surface area contributed by atoms with E-state index in [0.717, 1.165) is 6.42 Å². The van der Waals surface area contributed by atoms with Crippen molar-refractivity contribution in [1.82, 2.24) is 5.32 Å². The summed E-state index contributed by atoms with van der Waals surface area (Å²) in [5, 5.41) is 13.5. The van der Waals surface area contributed by atoms with Crippen LogP contribution in [0.15, 0.2) is 24.3 Å². The molecule has 1 unspecified atom stereocenters. The fourth-order valence-corrected chi connectivity index (χ4v) is 2.80. The van der Waals surface area contributed by atoms with Gasteiger partial charge < -0.3 is 10.4 Å². The van der Waals surface area contributed by atoms with Crippen LogP contribution in [0.4, 0.5) is 0 Å². The number of rotatable bonds is 3. The first-order chi connectivity index (χ1) is 8.30. The number of hydrogen-bond acceptors (Lipinski definition) is 2. The van der Waals surface area contributed by atoms with Gasteiger partial charge in [0.15, 0.2) is 0 Å². The van der Waals surface area contributed by atoms with E-state index in [2.05, 4.69) is 43.4 Å². The van der Waals surface area contributed by atoms with Crippen LogP contribution >= 0.6 is 0 Å². The Morgan fingerprint density at radius 3 is 2.67 bits per heavy atom. The Hall–Kier alpha value is -0.860. The van der Waals surface area contributed by atoms with E-state index in [-0.39, 0.29) is 5.41 Å². The highest BCUT2D eigenvalue weighted by Crippen LogP contribution is 2.43. The molecule has 0 spiro atoms. The summed E-state index contributed by atoms with van der Waals surface area (Å²) in [6.45, 7) is 8.94. The second-order valence-electron chi connectivity index (χ2n) is 6.81. The predicted molar refractivity (Wildman–Crippen MR) is 75.6 cm³/mol. The predicted octanol–water partition coefficient (Wildman–Crippen LogP) is 3.06. The minimum absolute atomic E-state index is 0.236. The lowest BCUT2D eigenvalue weighted by atomic mass is 9.70. The Bertz CT molecular complexity index is 417. The molecule has 0 saturated carbocycles. The van der Waals surface area contributed by atoms with Crippen LogP contribution in [0.3, 0.4) is 0 Å². The Balaban J connectivity index is 2.25. The summed E-state index contributed by atoms with van der Waals surface area (Å²) in [6, 6.07) is 9.00. The van der Waals surface area contributed by atoms with Crippen LogP contribution < -0.4 is 5.32 Å². The molecule has 1 aromatic rings. The van der Waals surface area contributed by atoms with Crippen molar-refractivity contribution in [2.75, 3.05) is 6.54 Å². The third kappa shape index (κ3) is 2.93. The lowest BCUT2D eigenvalue weighted by molar-refractivity contribution is 0.0663. The maximum Gasteiger partial charge on any atom is 0.0715 e. The van der Waals surface area contributed by atoms with Crippen LogP contribution in [0.5, 0.6) is 0 Å². The summed E-state index contributed by atoms with van der Waals surface area (Å²) in [5.74, 6) is 0. The molecule has 0 bridgehead atoms. The van der Waals surface area contributed by atoms with Crippen LogP contribution in [-0.2, 0) is 6.42 Å². The first kappa shape index (κ1) is 13.6. The molecular weight excluding hydrogens is 222 g/mol. The Labute approximate surface area is 110 Å². The normalized spacial score (nSPS) is 22.6. The second kappa shape index (κ2) is 4.67. The average molecular weight is 247 g/mol. The van der Waals surface area contributed by atoms with Crippen LogP contribution in [0.25, 0.3) is 0 Å². The lowest BCUT2D eigenvalue weighted by Gasteiger charge is -2.41. The fourth-order valence-electron chi connectivity index (χ4n) is 2.80. The molecular formula is C16H25NO. The van der Waals surface area contributed by atoms with Gasteiger partial charge in [-0.15, -0.1) is 0 Å². The molecule has 1 aliphatic rings. The van der Waals surface area contributed by atoms with Gasteiger partial charge in [0, 0.05) is 12.6 Å². The third-order valence-corrected chi connectivity index (χ3v) is 3.93. The minimum atomic E-state index is -0.664. The molecule has 2 nitrogen and oxygen atoms in total. The van der Waals surface area contributed by atoms with E-state index in [0.29, 0.717) is 12.6 Å². The van der Waals surface area contributed by atoms with E-state index in [1.165, 1.54) is 17.5 Å². The van der Waals surface area contributed by atoms with Crippen molar-refractivity contribution in [1.29, 1.82) is 0 Å². The molecule has 2 N–H and O–H groups in total. The van der Waals surface area contributed by atoms with Crippen molar-refractivity contribution in [3.05, 3.63) is 35.4 Å². The molecule has 18 heavy (non-hydrogen) atoms. The van der Waals surface area contributed by atoms with Gasteiger partial charge in [-0.05, 0) is 43.2 Å². The zero-order chi connectivity index (χ0) is 13.4. The molecule has 2 heteroatoms. The van der Waals surface area contributed by atoms with Crippen molar-refractivity contribution in [3.8, 4) is 0 Å². The first-order valence-corrected chi connectivity index (χ1v) is 6.83. The summed E-state index contributed by atoms with van der Waals surface area (Å²) in [7, 11) is 0. The Morgan fingerprint density at radius 1 is 1.33 bits per heavy atom. The summed E-state index contributed by atoms with van der Waals surface area (Å²) >= 11 is 0. The van der Waals surface area contributed by atoms with E-state index < -0.39 is 5.60 Å². The van der Waals surface area contributed by atoms with Gasteiger partial charge in [-0.25, -0.2) is 0 Å². The molecule has 1 atom stereocenters. The van der Waals surface area contributed by atoms with E-state index in [1.54, 1.807) is 0 Å². The molecule has 0 fully saturated rings. The van der Waals surface area contributed by atoms with Crippen molar-refractivity contribution in [3.63, 3.8) is 0 Å². The maximum absolute atomic E-state index is 9.90. The quantitative estimate of drug-likeness (QED) is 0.860. The largest absolute Gasteiger partial charge is 0.389 e. The van der Waals surface area contributed by atoms with E-state index in [1.807, 2.05) is 13.8 Å². The number of fused-ring (bicyclic) bond motifs is 1. The van der Waals surface area contributed by atoms with Gasteiger partial charge in [0.05, 0.1) is 5.60 Å². The summed E-state index contributed by atoms with van der Waals surface area (Å²) in [6.07, 6.45) is 2.34. The topological polar surface area (TPSA) is 32.3 Å². The molecule has 2 rings (SSSR count). The molecule has 0 amide bonds. The van der Waals surface area contributed by atoms with Crippen LogP contribution in [0.1, 0.15) is 51.3 Å². The molecule has 1 aromatic carbocycles. The van der Waals surface area contributed by atoms with Crippen molar-refractivity contribution in [2.45, 2.75) is 52.2 Å². The van der Waals surface area contributed by atoms with Gasteiger partial charge in [-0.1, -0.05) is 38.1 Å². The number of aryl methyl sites for hydroxylation is 1. The van der Waals surface area contributed by atoms with Crippen molar-refractivity contribution >= 4 is 0 Å². The number of aliphatic hydroxyl groups is 1. The number of benzene rings is 1. The first-order valence-electron chi connectivity index (χ1n) is 6.83. The summed E-state index contributed by atoms with van der Waals surface area (Å²) in [5.41, 5.74) is 2.42. The highest BCUT2D eigenvalue weighted by molar-refractivity contribution is 5.34. The van der Waals surface area contributed by atoms with Crippen LogP contribution in [0.2, 0.25) is 0 Å². The van der Waals surface area contributed by atoms with Crippen molar-refractivity contribution in [2.24, 2.45) is 5.41 Å². The van der Waals surface area contributed by atoms with E-state index >= 15 is 0 Å². The van der Waals surface area contributed by atoms with Gasteiger partial charge >= 0.3 is 0 Å². The molecule has 0 aromatic heterocycles. The van der Waals surface area contributed by atoms with Gasteiger partial charge in [-0.3, -0.25) is 0 Å². The summed E-state index contributed by atoms with van der Waals surface area (Å²) < 4.78 is 0. The average Bonchev–Trinajstić information content (AvgIpc) is 2.25. The molecule has 1 aliphatic carbocycles. The van der Waals surface area contributed by atoms with E-state index in [4.69, 9.17) is 0 Å². The van der Waals surface area contributed by atoms with E-state index in [9.17, 15) is 5.11 Å². The molecule has 0 aliphatic heterocycles. The third-order valence-electron chi connectivity index (χ3n) is 3.93. The van der Waals surface area contributed by atoms with Gasteiger partial charge in [0.25, 0.3) is 0 Å². The lowest BCUT2D eigenvalue weighted by Crippen LogP contribution is -2.44. The van der Waals surface area contributed by atoms with Crippen molar-refractivity contribution < 1.29 is 5.11 Å². The maximum atomic E-state index is 9.90. The number of hydrogen-bond donors (Lipinski definition) is 2. The summed E-state index contributed by atoms with van der Waals surface area (Å²) in [4.78, 5) is 0. The molecule has 0 saturated heterocycles. The second-order valence-corrected chi connectivity index (χ2v) is 6.81. The highest BCUT2D eigenvalue weighted by Gasteiger charge is 2.35. The van der Waals surface area contributed by atoms with Gasteiger partial charge in [-0.2, -0.15) is 0 Å². The highest BCUT2D eigenvalue weighted by atomic mass is 16.3. The minimum Gasteiger partial charge on any atom is -0.389 e. The van der Waals surface area contributed by atoms with Gasteiger partial charge in [0.2, 0.25) is 0 Å². The van der Waals surface area contributed by atoms with Gasteiger partial charge in [0.1, 0.15) is 0 Å². The molecule has 0 heterocycles. The Kier molecular flexibility index (Phi) is 3.52. The standard InChI is InChI=1S/C16H25NO/c1-15(2)10-9-12-7-5-6-8-13(12)14(15)17-11-16(3,4)18/h5-8,14,17-18H,9-11H2,1-4H3. The smallest absolute Gasteiger partial charge is 0.0715 e.